The summed E-state index contributed by atoms with van der Waals surface area (Å²) < 4.78 is 0. The Morgan fingerprint density at radius 1 is 1.44 bits per heavy atom. The van der Waals surface area contributed by atoms with E-state index in [1.807, 2.05) is 12.1 Å². The lowest BCUT2D eigenvalue weighted by atomic mass is 9.77. The van der Waals surface area contributed by atoms with E-state index in [1.54, 1.807) is 0 Å². The number of aliphatic hydroxyl groups is 1. The average Bonchev–Trinajstić information content (AvgIpc) is 2.63. The molecule has 1 aromatic rings. The van der Waals surface area contributed by atoms with Crippen LogP contribution < -0.4 is 16.4 Å². The third kappa shape index (κ3) is 1.71. The molecule has 96 valence electrons. The quantitative estimate of drug-likeness (QED) is 0.602. The zero-order chi connectivity index (χ0) is 12.8. The van der Waals surface area contributed by atoms with Crippen molar-refractivity contribution in [1.82, 2.24) is 0 Å². The molecule has 18 heavy (non-hydrogen) atoms. The zero-order valence-electron chi connectivity index (χ0n) is 10.1. The molecule has 0 radical (unpaired) electrons. The van der Waals surface area contributed by atoms with Crippen LogP contribution in [0.3, 0.4) is 0 Å². The molecule has 1 amide bonds. The van der Waals surface area contributed by atoms with Crippen molar-refractivity contribution >= 4 is 23.0 Å². The number of carbonyl (C=O) groups is 1. The van der Waals surface area contributed by atoms with Crippen LogP contribution >= 0.6 is 0 Å². The van der Waals surface area contributed by atoms with Gasteiger partial charge in [-0.1, -0.05) is 0 Å². The first-order valence-electron chi connectivity index (χ1n) is 6.23. The van der Waals surface area contributed by atoms with Crippen molar-refractivity contribution in [2.24, 2.45) is 0 Å². The van der Waals surface area contributed by atoms with Crippen molar-refractivity contribution in [2.75, 3.05) is 23.0 Å². The molecule has 0 bridgehead atoms. The van der Waals surface area contributed by atoms with Crippen LogP contribution in [0.4, 0.5) is 17.1 Å². The number of anilines is 3. The Bertz CT molecular complexity index is 504. The minimum Gasteiger partial charge on any atom is -0.397 e. The number of hydrogen-bond acceptors (Lipinski definition) is 4. The number of nitrogens with one attached hydrogen (secondary N) is 2. The molecule has 0 atom stereocenters. The second-order valence-corrected chi connectivity index (χ2v) is 5.24. The van der Waals surface area contributed by atoms with Crippen molar-refractivity contribution in [1.29, 1.82) is 0 Å². The van der Waals surface area contributed by atoms with Gasteiger partial charge in [-0.15, -0.1) is 0 Å². The Hall–Kier alpha value is -1.75. The van der Waals surface area contributed by atoms with E-state index in [1.165, 1.54) is 0 Å². The first kappa shape index (κ1) is 11.3. The summed E-state index contributed by atoms with van der Waals surface area (Å²) in [5.41, 5.74) is 8.95. The summed E-state index contributed by atoms with van der Waals surface area (Å²) in [6.45, 7) is 0.107. The first-order valence-corrected chi connectivity index (χ1v) is 6.23. The zero-order valence-corrected chi connectivity index (χ0v) is 10.1. The minimum absolute atomic E-state index is 0.00191. The summed E-state index contributed by atoms with van der Waals surface area (Å²) in [4.78, 5) is 11.3. The largest absolute Gasteiger partial charge is 0.397 e. The van der Waals surface area contributed by atoms with Crippen LogP contribution in [0.2, 0.25) is 0 Å². The maximum atomic E-state index is 11.3. The summed E-state index contributed by atoms with van der Waals surface area (Å²) in [6.07, 6.45) is 3.42. The minimum atomic E-state index is -0.231. The summed E-state index contributed by atoms with van der Waals surface area (Å²) in [6, 6.07) is 3.70. The highest BCUT2D eigenvalue weighted by Crippen LogP contribution is 2.38. The molecule has 0 unspecified atom stereocenters. The number of rotatable bonds is 3. The van der Waals surface area contributed by atoms with Crippen LogP contribution in [0.5, 0.6) is 0 Å². The summed E-state index contributed by atoms with van der Waals surface area (Å²) >= 11 is 0. The number of amides is 1. The standard InChI is InChI=1S/C13H17N3O2/c14-9-4-8-5-12(18)15-10(8)6-11(9)16-13(7-17)2-1-3-13/h4,6,16-17H,1-3,5,7,14H2,(H,15,18). The number of carbonyl (C=O) groups excluding carboxylic acids is 1. The van der Waals surface area contributed by atoms with Crippen LogP contribution in [-0.2, 0) is 11.2 Å². The van der Waals surface area contributed by atoms with E-state index in [0.717, 1.165) is 36.2 Å². The maximum absolute atomic E-state index is 11.3. The Kier molecular flexibility index (Phi) is 2.45. The van der Waals surface area contributed by atoms with E-state index >= 15 is 0 Å². The highest BCUT2D eigenvalue weighted by Gasteiger charge is 2.36. The second kappa shape index (κ2) is 3.88. The average molecular weight is 247 g/mol. The molecule has 1 aliphatic carbocycles. The van der Waals surface area contributed by atoms with E-state index in [4.69, 9.17) is 5.73 Å². The van der Waals surface area contributed by atoms with Gasteiger partial charge in [-0.05, 0) is 37.0 Å². The van der Waals surface area contributed by atoms with Gasteiger partial charge >= 0.3 is 0 Å². The van der Waals surface area contributed by atoms with Gasteiger partial charge in [0.25, 0.3) is 0 Å². The predicted molar refractivity (Wildman–Crippen MR) is 70.5 cm³/mol. The molecule has 5 nitrogen and oxygen atoms in total. The van der Waals surface area contributed by atoms with E-state index in [-0.39, 0.29) is 18.1 Å². The fourth-order valence-electron chi connectivity index (χ4n) is 2.61. The van der Waals surface area contributed by atoms with E-state index in [0.29, 0.717) is 12.1 Å². The maximum Gasteiger partial charge on any atom is 0.228 e. The number of aliphatic hydroxyl groups excluding tert-OH is 1. The number of nitrogen functional groups attached to an aromatic ring is 1. The van der Waals surface area contributed by atoms with Crippen LogP contribution in [-0.4, -0.2) is 23.2 Å². The molecule has 0 saturated heterocycles. The highest BCUT2D eigenvalue weighted by atomic mass is 16.3. The molecule has 1 saturated carbocycles. The van der Waals surface area contributed by atoms with Crippen LogP contribution in [0, 0.1) is 0 Å². The van der Waals surface area contributed by atoms with Gasteiger partial charge in [0.15, 0.2) is 0 Å². The lowest BCUT2D eigenvalue weighted by Crippen LogP contribution is -2.48. The Morgan fingerprint density at radius 3 is 2.83 bits per heavy atom. The van der Waals surface area contributed by atoms with Gasteiger partial charge in [-0.25, -0.2) is 0 Å². The lowest BCUT2D eigenvalue weighted by molar-refractivity contribution is -0.115. The molecule has 1 fully saturated rings. The molecule has 3 rings (SSSR count). The Balaban J connectivity index is 1.89. The van der Waals surface area contributed by atoms with Gasteiger partial charge in [0.1, 0.15) is 0 Å². The van der Waals surface area contributed by atoms with E-state index < -0.39 is 0 Å². The first-order chi connectivity index (χ1) is 8.62. The fraction of sp³-hybridized carbons (Fsp3) is 0.462. The SMILES string of the molecule is Nc1cc2c(cc1NC1(CO)CCC1)NC(=O)C2. The normalized spacial score (nSPS) is 19.9. The molecule has 1 aromatic carbocycles. The van der Waals surface area contributed by atoms with Gasteiger partial charge < -0.3 is 21.5 Å². The molecule has 0 spiro atoms. The smallest absolute Gasteiger partial charge is 0.228 e. The molecular formula is C13H17N3O2. The van der Waals surface area contributed by atoms with Gasteiger partial charge in [-0.3, -0.25) is 4.79 Å². The predicted octanol–water partition coefficient (Wildman–Crippen LogP) is 1.09. The molecule has 5 N–H and O–H groups in total. The van der Waals surface area contributed by atoms with Crippen molar-refractivity contribution in [2.45, 2.75) is 31.2 Å². The highest BCUT2D eigenvalue weighted by molar-refractivity contribution is 6.00. The fourth-order valence-corrected chi connectivity index (χ4v) is 2.61. The van der Waals surface area contributed by atoms with Crippen molar-refractivity contribution in [3.8, 4) is 0 Å². The summed E-state index contributed by atoms with van der Waals surface area (Å²) in [7, 11) is 0. The number of nitrogens with two attached hydrogens (primary N) is 1. The number of hydrogen-bond donors (Lipinski definition) is 4. The Labute approximate surface area is 105 Å². The van der Waals surface area contributed by atoms with Crippen LogP contribution in [0.1, 0.15) is 24.8 Å². The van der Waals surface area contributed by atoms with Crippen molar-refractivity contribution in [3.63, 3.8) is 0 Å². The lowest BCUT2D eigenvalue weighted by Gasteiger charge is -2.42. The van der Waals surface area contributed by atoms with Gasteiger partial charge in [0, 0.05) is 5.69 Å². The molecule has 0 aromatic heterocycles. The molecule has 1 aliphatic heterocycles. The summed E-state index contributed by atoms with van der Waals surface area (Å²) in [5, 5.41) is 15.6. The van der Waals surface area contributed by atoms with Crippen LogP contribution in [0.25, 0.3) is 0 Å². The van der Waals surface area contributed by atoms with E-state index in [9.17, 15) is 9.90 Å². The topological polar surface area (TPSA) is 87.4 Å². The van der Waals surface area contributed by atoms with Crippen molar-refractivity contribution < 1.29 is 9.90 Å². The van der Waals surface area contributed by atoms with Crippen molar-refractivity contribution in [3.05, 3.63) is 17.7 Å². The number of benzene rings is 1. The van der Waals surface area contributed by atoms with Gasteiger partial charge in [0.2, 0.25) is 5.91 Å². The molecule has 5 heteroatoms. The molecular weight excluding hydrogens is 230 g/mol. The number of fused-ring (bicyclic) bond motifs is 1. The van der Waals surface area contributed by atoms with Gasteiger partial charge in [0.05, 0.1) is 29.9 Å². The van der Waals surface area contributed by atoms with Gasteiger partial charge in [-0.2, -0.15) is 0 Å². The third-order valence-electron chi connectivity index (χ3n) is 3.91. The Morgan fingerprint density at radius 2 is 2.22 bits per heavy atom. The summed E-state index contributed by atoms with van der Waals surface area (Å²) in [5.74, 6) is 0.00191. The second-order valence-electron chi connectivity index (χ2n) is 5.24. The van der Waals surface area contributed by atoms with Crippen LogP contribution in [0.15, 0.2) is 12.1 Å². The molecule has 1 heterocycles. The monoisotopic (exact) mass is 247 g/mol. The van der Waals surface area contributed by atoms with E-state index in [2.05, 4.69) is 10.6 Å². The third-order valence-corrected chi connectivity index (χ3v) is 3.91. The molecule has 2 aliphatic rings.